The molecule has 60 heavy (non-hydrogen) atoms. The number of nitrogens with one attached hydrogen (secondary N) is 2. The van der Waals surface area contributed by atoms with E-state index in [2.05, 4.69) is 24.6 Å². The number of methoxy groups -OCH3 is 2. The predicted octanol–water partition coefficient (Wildman–Crippen LogP) is 5.74. The molecule has 0 saturated carbocycles. The molecule has 22 heteroatoms. The fraction of sp³-hybridized carbons (Fsp3) is 0.289. The number of aryl methyl sites for hydroxylation is 2. The number of pyridine rings is 1. The molecule has 0 fully saturated rings. The van der Waals surface area contributed by atoms with E-state index >= 15 is 0 Å². The molecule has 320 valence electrons. The van der Waals surface area contributed by atoms with Crippen LogP contribution < -0.4 is 29.8 Å². The summed E-state index contributed by atoms with van der Waals surface area (Å²) in [5, 5.41) is 9.82. The van der Waals surface area contributed by atoms with Crippen LogP contribution >= 0.6 is 23.2 Å². The number of alkyl halides is 3. The van der Waals surface area contributed by atoms with E-state index in [1.807, 2.05) is 0 Å². The van der Waals surface area contributed by atoms with Crippen molar-refractivity contribution < 1.29 is 39.5 Å². The van der Waals surface area contributed by atoms with Crippen molar-refractivity contribution in [1.29, 1.82) is 0 Å². The molecular weight excluding hydrogens is 874 g/mol. The molecule has 0 aliphatic rings. The topological polar surface area (TPSA) is 193 Å². The zero-order valence-electron chi connectivity index (χ0n) is 32.4. The van der Waals surface area contributed by atoms with Gasteiger partial charge in [0.25, 0.3) is 0 Å². The van der Waals surface area contributed by atoms with Gasteiger partial charge in [0.2, 0.25) is 30.9 Å². The predicted molar refractivity (Wildman–Crippen MR) is 224 cm³/mol. The minimum Gasteiger partial charge on any atom is -0.494 e. The Kier molecular flexibility index (Phi) is 14.6. The highest BCUT2D eigenvalue weighted by Gasteiger charge is 2.36. The van der Waals surface area contributed by atoms with E-state index in [-0.39, 0.29) is 47.6 Å². The van der Waals surface area contributed by atoms with Crippen molar-refractivity contribution in [2.45, 2.75) is 32.1 Å². The molecule has 0 radical (unpaired) electrons. The summed E-state index contributed by atoms with van der Waals surface area (Å²) in [6.45, 7) is 0.787. The van der Waals surface area contributed by atoms with Crippen LogP contribution in [0.2, 0.25) is 10.0 Å². The second kappa shape index (κ2) is 19.1. The van der Waals surface area contributed by atoms with Crippen molar-refractivity contribution in [1.82, 2.24) is 34.0 Å². The van der Waals surface area contributed by atoms with Crippen LogP contribution in [0, 0.1) is 0 Å². The lowest BCUT2D eigenvalue weighted by molar-refractivity contribution is -0.140. The largest absolute Gasteiger partial charge is 0.494 e. The third-order valence-corrected chi connectivity index (χ3v) is 11.0. The van der Waals surface area contributed by atoms with Gasteiger partial charge < -0.3 is 9.47 Å². The molecule has 0 aliphatic heterocycles. The van der Waals surface area contributed by atoms with Crippen LogP contribution in [0.25, 0.3) is 44.3 Å². The molecule has 15 nitrogen and oxygen atoms in total. The second-order valence-electron chi connectivity index (χ2n) is 13.1. The molecule has 6 rings (SSSR count). The fourth-order valence-electron chi connectivity index (χ4n) is 6.12. The molecule has 0 aliphatic carbocycles. The lowest BCUT2D eigenvalue weighted by atomic mass is 10.1. The van der Waals surface area contributed by atoms with Gasteiger partial charge in [-0.15, -0.1) is 0 Å². The van der Waals surface area contributed by atoms with Crippen molar-refractivity contribution in [3.63, 3.8) is 0 Å². The first-order chi connectivity index (χ1) is 28.3. The number of aromatic nitrogens is 5. The first-order valence-corrected chi connectivity index (χ1v) is 22.3. The van der Waals surface area contributed by atoms with Gasteiger partial charge in [-0.05, 0) is 55.3 Å². The Hall–Kier alpha value is -5.12. The van der Waals surface area contributed by atoms with E-state index < -0.39 is 48.6 Å². The normalized spacial score (nSPS) is 12.0. The maximum Gasteiger partial charge on any atom is 0.434 e. The summed E-state index contributed by atoms with van der Waals surface area (Å²) in [6.07, 6.45) is -0.942. The van der Waals surface area contributed by atoms with E-state index in [1.165, 1.54) is 31.0 Å². The number of nitrogens with zero attached hydrogens (tertiary/aromatic N) is 5. The van der Waals surface area contributed by atoms with E-state index in [1.54, 1.807) is 53.2 Å². The fourth-order valence-corrected chi connectivity index (χ4v) is 7.54. The summed E-state index contributed by atoms with van der Waals surface area (Å²) in [7, 11) is -3.79. The van der Waals surface area contributed by atoms with E-state index in [0.29, 0.717) is 51.5 Å². The molecule has 0 spiro atoms. The van der Waals surface area contributed by atoms with E-state index in [9.17, 15) is 39.6 Å². The standard InChI is InChI=1S/C19H19Cl2N3O4S.C19H19F3N4O4S/c1-28-15-9-4-7-13-18(15)24(11-5-10-22-29(2,26)27)23-17(19(13)25)12-6-3-8-14(20)16(12)21;1-30-14-8-3-6-13-16(14)26(11-5-10-24-31(2,28)29)25-15(17(13)27)12-7-4-9-23-18(12)19(20,21)22/h3-4,6-9,22H,5,10-11H2,1-2H3;3-4,6-9,24H,5,10-11H2,1-2H3. The summed E-state index contributed by atoms with van der Waals surface area (Å²) < 4.78 is 104. The van der Waals surface area contributed by atoms with Gasteiger partial charge in [0.15, 0.2) is 5.69 Å². The highest BCUT2D eigenvalue weighted by molar-refractivity contribution is 7.89. The van der Waals surface area contributed by atoms with Gasteiger partial charge in [0, 0.05) is 43.5 Å². The van der Waals surface area contributed by atoms with Gasteiger partial charge in [0.1, 0.15) is 33.9 Å². The number of para-hydroxylation sites is 2. The summed E-state index contributed by atoms with van der Waals surface area (Å²) in [5.74, 6) is 0.805. The second-order valence-corrected chi connectivity index (χ2v) is 17.5. The van der Waals surface area contributed by atoms with Crippen LogP contribution in [0.5, 0.6) is 11.5 Å². The number of benzene rings is 3. The Balaban J connectivity index is 0.000000228. The van der Waals surface area contributed by atoms with Gasteiger partial charge in [-0.3, -0.25) is 23.9 Å². The number of hydrogen-bond donors (Lipinski definition) is 2. The van der Waals surface area contributed by atoms with Crippen molar-refractivity contribution in [2.24, 2.45) is 0 Å². The number of hydrogen-bond acceptors (Lipinski definition) is 11. The monoisotopic (exact) mass is 911 g/mol. The number of sulfonamides is 2. The minimum atomic E-state index is -4.78. The Bertz CT molecular complexity index is 2900. The Labute approximate surface area is 352 Å². The summed E-state index contributed by atoms with van der Waals surface area (Å²) in [6, 6.07) is 17.2. The number of fused-ring (bicyclic) bond motifs is 2. The average Bonchev–Trinajstić information content (AvgIpc) is 3.19. The highest BCUT2D eigenvalue weighted by atomic mass is 35.5. The highest BCUT2D eigenvalue weighted by Crippen LogP contribution is 2.35. The zero-order valence-corrected chi connectivity index (χ0v) is 35.5. The number of halogens is 5. The quantitative estimate of drug-likeness (QED) is 0.127. The molecule has 6 aromatic rings. The zero-order chi connectivity index (χ0) is 44.0. The van der Waals surface area contributed by atoms with Gasteiger partial charge in [-0.1, -0.05) is 47.5 Å². The maximum absolute atomic E-state index is 13.5. The Morgan fingerprint density at radius 1 is 0.683 bits per heavy atom. The third-order valence-electron chi connectivity index (χ3n) is 8.67. The molecule has 3 aromatic heterocycles. The van der Waals surface area contributed by atoms with Crippen LogP contribution in [0.15, 0.2) is 82.5 Å². The Morgan fingerprint density at radius 2 is 1.13 bits per heavy atom. The average molecular weight is 913 g/mol. The lowest BCUT2D eigenvalue weighted by Gasteiger charge is -2.16. The molecule has 0 atom stereocenters. The lowest BCUT2D eigenvalue weighted by Crippen LogP contribution is -2.25. The number of ether oxygens (including phenoxy) is 2. The summed E-state index contributed by atoms with van der Waals surface area (Å²) in [4.78, 5) is 29.6. The van der Waals surface area contributed by atoms with Gasteiger partial charge >= 0.3 is 6.18 Å². The first-order valence-electron chi connectivity index (χ1n) is 17.8. The van der Waals surface area contributed by atoms with Crippen LogP contribution in [0.4, 0.5) is 13.2 Å². The summed E-state index contributed by atoms with van der Waals surface area (Å²) >= 11 is 12.4. The molecule has 3 aromatic carbocycles. The molecule has 0 amide bonds. The van der Waals surface area contributed by atoms with Gasteiger partial charge in [-0.25, -0.2) is 26.3 Å². The van der Waals surface area contributed by atoms with Crippen LogP contribution in [-0.4, -0.2) is 81.2 Å². The van der Waals surface area contributed by atoms with E-state index in [0.717, 1.165) is 24.8 Å². The van der Waals surface area contributed by atoms with E-state index in [4.69, 9.17) is 32.7 Å². The molecular formula is C38H38Cl2F3N7O8S2. The first kappa shape index (κ1) is 46.0. The SMILES string of the molecule is COc1cccc2c(=O)c(-c3cccc(Cl)c3Cl)nn(CCCNS(C)(=O)=O)c12.COc1cccc2c(=O)c(-c3cccnc3C(F)(F)F)nn(CCCNS(C)(=O)=O)c12. The summed E-state index contributed by atoms with van der Waals surface area (Å²) in [5.41, 5.74) is -1.63. The van der Waals surface area contributed by atoms with Gasteiger partial charge in [0.05, 0.1) is 47.5 Å². The molecule has 0 saturated heterocycles. The molecule has 3 heterocycles. The van der Waals surface area contributed by atoms with Crippen molar-refractivity contribution >= 4 is 65.1 Å². The van der Waals surface area contributed by atoms with Gasteiger partial charge in [-0.2, -0.15) is 23.4 Å². The maximum atomic E-state index is 13.5. The molecule has 0 unspecified atom stereocenters. The third kappa shape index (κ3) is 11.0. The van der Waals surface area contributed by atoms with Crippen molar-refractivity contribution in [3.05, 3.63) is 109 Å². The minimum absolute atomic E-state index is 0.0826. The van der Waals surface area contributed by atoms with Crippen LogP contribution in [0.1, 0.15) is 18.5 Å². The smallest absolute Gasteiger partial charge is 0.434 e. The van der Waals surface area contributed by atoms with Crippen molar-refractivity contribution in [3.8, 4) is 34.0 Å². The van der Waals surface area contributed by atoms with Crippen LogP contribution in [-0.2, 0) is 39.3 Å². The van der Waals surface area contributed by atoms with Crippen molar-refractivity contribution in [2.75, 3.05) is 39.8 Å². The Morgan fingerprint density at radius 3 is 1.58 bits per heavy atom. The van der Waals surface area contributed by atoms with Crippen LogP contribution in [0.3, 0.4) is 0 Å². The molecule has 2 N–H and O–H groups in total. The molecule has 0 bridgehead atoms. The number of rotatable bonds is 14.